The van der Waals surface area contributed by atoms with Crippen LogP contribution < -0.4 is 4.72 Å². The van der Waals surface area contributed by atoms with Crippen LogP contribution in [0.3, 0.4) is 0 Å². The predicted octanol–water partition coefficient (Wildman–Crippen LogP) is 2.09. The van der Waals surface area contributed by atoms with Crippen LogP contribution in [-0.2, 0) is 22.9 Å². The van der Waals surface area contributed by atoms with Gasteiger partial charge in [-0.1, -0.05) is 6.07 Å². The molecule has 1 aliphatic rings. The number of anilines is 1. The Kier molecular flexibility index (Phi) is 3.02. The van der Waals surface area contributed by atoms with Crippen LogP contribution in [0.2, 0.25) is 0 Å². The van der Waals surface area contributed by atoms with Crippen LogP contribution in [0.15, 0.2) is 35.5 Å². The van der Waals surface area contributed by atoms with Crippen LogP contribution >= 0.6 is 0 Å². The zero-order valence-electron chi connectivity index (χ0n) is 10.4. The molecule has 0 atom stereocenters. The predicted molar refractivity (Wildman–Crippen MR) is 72.5 cm³/mol. The molecule has 100 valence electrons. The van der Waals surface area contributed by atoms with E-state index < -0.39 is 10.0 Å². The largest absolute Gasteiger partial charge is 0.284 e. The zero-order chi connectivity index (χ0) is 13.3. The standard InChI is InChI=1S/C13H15N3O2S/c17-19(18,16-12-8-14-15-9-12)13-6-5-10-3-1-2-4-11(10)7-13/h5-9,16H,1-4H2,(H,14,15). The summed E-state index contributed by atoms with van der Waals surface area (Å²) in [5.41, 5.74) is 2.87. The Hall–Kier alpha value is -1.82. The summed E-state index contributed by atoms with van der Waals surface area (Å²) in [5.74, 6) is 0. The first-order chi connectivity index (χ1) is 9.15. The lowest BCUT2D eigenvalue weighted by atomic mass is 9.92. The highest BCUT2D eigenvalue weighted by atomic mass is 32.2. The molecule has 0 spiro atoms. The van der Waals surface area contributed by atoms with Crippen molar-refractivity contribution >= 4 is 15.7 Å². The van der Waals surface area contributed by atoms with Crippen LogP contribution in [0, 0.1) is 0 Å². The minimum absolute atomic E-state index is 0.314. The fraction of sp³-hybridized carbons (Fsp3) is 0.308. The van der Waals surface area contributed by atoms with Crippen molar-refractivity contribution in [2.45, 2.75) is 30.6 Å². The number of nitrogens with one attached hydrogen (secondary N) is 2. The third kappa shape index (κ3) is 2.49. The minimum Gasteiger partial charge on any atom is -0.284 e. The van der Waals surface area contributed by atoms with Gasteiger partial charge in [-0.15, -0.1) is 0 Å². The third-order valence-electron chi connectivity index (χ3n) is 3.38. The van der Waals surface area contributed by atoms with E-state index in [4.69, 9.17) is 0 Å². The molecule has 1 aromatic carbocycles. The summed E-state index contributed by atoms with van der Waals surface area (Å²) in [6, 6.07) is 5.39. The molecule has 0 unspecified atom stereocenters. The summed E-state index contributed by atoms with van der Waals surface area (Å²) >= 11 is 0. The fourth-order valence-corrected chi connectivity index (χ4v) is 3.48. The average molecular weight is 277 g/mol. The highest BCUT2D eigenvalue weighted by molar-refractivity contribution is 7.92. The maximum absolute atomic E-state index is 12.2. The highest BCUT2D eigenvalue weighted by Crippen LogP contribution is 2.25. The molecule has 6 heteroatoms. The Morgan fingerprint density at radius 3 is 2.68 bits per heavy atom. The van der Waals surface area contributed by atoms with E-state index in [1.807, 2.05) is 6.07 Å². The number of aromatic nitrogens is 2. The summed E-state index contributed by atoms with van der Waals surface area (Å²) < 4.78 is 27.0. The number of aryl methyl sites for hydroxylation is 2. The lowest BCUT2D eigenvalue weighted by molar-refractivity contribution is 0.600. The van der Waals surface area contributed by atoms with Crippen LogP contribution in [0.25, 0.3) is 0 Å². The maximum atomic E-state index is 12.2. The van der Waals surface area contributed by atoms with Gasteiger partial charge in [0.2, 0.25) is 0 Å². The second-order valence-electron chi connectivity index (χ2n) is 4.73. The molecule has 0 fully saturated rings. The lowest BCUT2D eigenvalue weighted by Crippen LogP contribution is -2.14. The minimum atomic E-state index is -3.53. The van der Waals surface area contributed by atoms with Gasteiger partial charge in [0.05, 0.1) is 16.8 Å². The molecule has 5 nitrogen and oxygen atoms in total. The quantitative estimate of drug-likeness (QED) is 0.902. The number of nitrogens with zero attached hydrogens (tertiary/aromatic N) is 1. The third-order valence-corrected chi connectivity index (χ3v) is 4.76. The summed E-state index contributed by atoms with van der Waals surface area (Å²) in [6.07, 6.45) is 7.28. The summed E-state index contributed by atoms with van der Waals surface area (Å²) in [6.45, 7) is 0. The highest BCUT2D eigenvalue weighted by Gasteiger charge is 2.18. The van der Waals surface area contributed by atoms with Crippen molar-refractivity contribution in [1.82, 2.24) is 10.2 Å². The molecule has 3 rings (SSSR count). The van der Waals surface area contributed by atoms with E-state index >= 15 is 0 Å². The molecule has 2 aromatic rings. The van der Waals surface area contributed by atoms with Gasteiger partial charge in [-0.05, 0) is 48.9 Å². The average Bonchev–Trinajstić information content (AvgIpc) is 2.90. The van der Waals surface area contributed by atoms with E-state index in [1.165, 1.54) is 24.4 Å². The second kappa shape index (κ2) is 4.70. The number of hydrogen-bond donors (Lipinski definition) is 2. The van der Waals surface area contributed by atoms with Crippen molar-refractivity contribution in [1.29, 1.82) is 0 Å². The normalized spacial score (nSPS) is 14.9. The number of aromatic amines is 1. The van der Waals surface area contributed by atoms with Crippen molar-refractivity contribution in [2.24, 2.45) is 0 Å². The SMILES string of the molecule is O=S(=O)(Nc1cn[nH]c1)c1ccc2c(c1)CCCC2. The smallest absolute Gasteiger partial charge is 0.262 e. The van der Waals surface area contributed by atoms with E-state index in [0.29, 0.717) is 10.6 Å². The molecule has 0 saturated heterocycles. The second-order valence-corrected chi connectivity index (χ2v) is 6.41. The van der Waals surface area contributed by atoms with Crippen molar-refractivity contribution in [2.75, 3.05) is 4.72 Å². The molecule has 0 aliphatic heterocycles. The van der Waals surface area contributed by atoms with Crippen LogP contribution in [0.5, 0.6) is 0 Å². The van der Waals surface area contributed by atoms with Crippen molar-refractivity contribution in [3.63, 3.8) is 0 Å². The van der Waals surface area contributed by atoms with E-state index in [0.717, 1.165) is 24.8 Å². The van der Waals surface area contributed by atoms with Gasteiger partial charge in [0.25, 0.3) is 10.0 Å². The van der Waals surface area contributed by atoms with Gasteiger partial charge in [0.15, 0.2) is 0 Å². The number of rotatable bonds is 3. The van der Waals surface area contributed by atoms with E-state index in [9.17, 15) is 8.42 Å². The van der Waals surface area contributed by atoms with Crippen LogP contribution in [0.1, 0.15) is 24.0 Å². The topological polar surface area (TPSA) is 74.8 Å². The molecule has 0 bridgehead atoms. The number of sulfonamides is 1. The summed E-state index contributed by atoms with van der Waals surface area (Å²) in [4.78, 5) is 0.314. The van der Waals surface area contributed by atoms with Gasteiger partial charge in [0.1, 0.15) is 0 Å². The molecule has 1 aromatic heterocycles. The van der Waals surface area contributed by atoms with E-state index in [1.54, 1.807) is 12.1 Å². The zero-order valence-corrected chi connectivity index (χ0v) is 11.2. The van der Waals surface area contributed by atoms with Crippen molar-refractivity contribution in [3.8, 4) is 0 Å². The van der Waals surface area contributed by atoms with Crippen LogP contribution in [-0.4, -0.2) is 18.6 Å². The fourth-order valence-electron chi connectivity index (χ4n) is 2.40. The van der Waals surface area contributed by atoms with Crippen molar-refractivity contribution in [3.05, 3.63) is 41.7 Å². The first-order valence-corrected chi connectivity index (χ1v) is 7.77. The van der Waals surface area contributed by atoms with Gasteiger partial charge in [0, 0.05) is 6.20 Å². The van der Waals surface area contributed by atoms with Gasteiger partial charge >= 0.3 is 0 Å². The number of fused-ring (bicyclic) bond motifs is 1. The van der Waals surface area contributed by atoms with Gasteiger partial charge in [-0.2, -0.15) is 5.10 Å². The summed E-state index contributed by atoms with van der Waals surface area (Å²) in [7, 11) is -3.53. The molecule has 1 heterocycles. The Bertz CT molecular complexity index is 678. The monoisotopic (exact) mass is 277 g/mol. The molecule has 2 N–H and O–H groups in total. The van der Waals surface area contributed by atoms with E-state index in [2.05, 4.69) is 14.9 Å². The molecular formula is C13H15N3O2S. The van der Waals surface area contributed by atoms with Crippen molar-refractivity contribution < 1.29 is 8.42 Å². The molecule has 0 saturated carbocycles. The Morgan fingerprint density at radius 2 is 1.95 bits per heavy atom. The first kappa shape index (κ1) is 12.2. The van der Waals surface area contributed by atoms with Gasteiger partial charge in [-0.25, -0.2) is 8.42 Å². The number of hydrogen-bond acceptors (Lipinski definition) is 3. The molecule has 0 radical (unpaired) electrons. The first-order valence-electron chi connectivity index (χ1n) is 6.28. The molecular weight excluding hydrogens is 262 g/mol. The van der Waals surface area contributed by atoms with Crippen LogP contribution in [0.4, 0.5) is 5.69 Å². The Balaban J connectivity index is 1.93. The Labute approximate surface area is 112 Å². The molecule has 19 heavy (non-hydrogen) atoms. The van der Waals surface area contributed by atoms with Gasteiger partial charge < -0.3 is 0 Å². The maximum Gasteiger partial charge on any atom is 0.262 e. The van der Waals surface area contributed by atoms with E-state index in [-0.39, 0.29) is 0 Å². The molecule has 1 aliphatic carbocycles. The number of benzene rings is 1. The Morgan fingerprint density at radius 1 is 1.16 bits per heavy atom. The number of H-pyrrole nitrogens is 1. The lowest BCUT2D eigenvalue weighted by Gasteiger charge is -2.16. The van der Waals surface area contributed by atoms with Gasteiger partial charge in [-0.3, -0.25) is 9.82 Å². The summed E-state index contributed by atoms with van der Waals surface area (Å²) in [5, 5.41) is 6.30. The molecule has 0 amide bonds.